The Bertz CT molecular complexity index is 230. The maximum Gasteiger partial charge on any atom is 0.0292 e. The monoisotopic (exact) mass is 199 g/mol. The smallest absolute Gasteiger partial charge is 0.0292 e. The van der Waals surface area contributed by atoms with E-state index in [0.717, 1.165) is 12.8 Å². The van der Waals surface area contributed by atoms with Gasteiger partial charge in [-0.2, -0.15) is 0 Å². The Hall–Kier alpha value is -0.530. The van der Waals surface area contributed by atoms with Gasteiger partial charge in [-0.05, 0) is 24.0 Å². The molecular formula is C11H18ClN. The van der Waals surface area contributed by atoms with Crippen LogP contribution in [0.3, 0.4) is 0 Å². The number of hydrogen-bond acceptors (Lipinski definition) is 1. The Balaban J connectivity index is 0.00000144. The van der Waals surface area contributed by atoms with Crippen LogP contribution < -0.4 is 5.73 Å². The predicted molar refractivity (Wildman–Crippen MR) is 60.3 cm³/mol. The molecule has 0 aliphatic carbocycles. The Kier molecular flexibility index (Phi) is 5.76. The minimum Gasteiger partial charge on any atom is -0.324 e. The van der Waals surface area contributed by atoms with Crippen LogP contribution in [0.15, 0.2) is 24.3 Å². The van der Waals surface area contributed by atoms with Gasteiger partial charge in [0.2, 0.25) is 0 Å². The van der Waals surface area contributed by atoms with Crippen molar-refractivity contribution in [1.29, 1.82) is 0 Å². The third-order valence-corrected chi connectivity index (χ3v) is 2.26. The van der Waals surface area contributed by atoms with Crippen molar-refractivity contribution >= 4 is 12.4 Å². The van der Waals surface area contributed by atoms with Gasteiger partial charge in [-0.15, -0.1) is 12.4 Å². The fourth-order valence-corrected chi connectivity index (χ4v) is 1.24. The molecule has 1 rings (SSSR count). The predicted octanol–water partition coefficient (Wildman–Crippen LogP) is 3.08. The van der Waals surface area contributed by atoms with Crippen molar-refractivity contribution in [2.75, 3.05) is 0 Å². The second kappa shape index (κ2) is 6.01. The number of hydrogen-bond donors (Lipinski definition) is 1. The summed E-state index contributed by atoms with van der Waals surface area (Å²) in [5, 5.41) is 0. The molecule has 0 saturated carbocycles. The Labute approximate surface area is 86.7 Å². The van der Waals surface area contributed by atoms with Crippen molar-refractivity contribution in [3.05, 3.63) is 35.4 Å². The van der Waals surface area contributed by atoms with E-state index >= 15 is 0 Å². The van der Waals surface area contributed by atoms with Gasteiger partial charge in [0.25, 0.3) is 0 Å². The molecule has 13 heavy (non-hydrogen) atoms. The van der Waals surface area contributed by atoms with E-state index in [9.17, 15) is 0 Å². The third-order valence-electron chi connectivity index (χ3n) is 2.26. The molecule has 0 saturated heterocycles. The van der Waals surface area contributed by atoms with E-state index < -0.39 is 0 Å². The molecular weight excluding hydrogens is 182 g/mol. The van der Waals surface area contributed by atoms with Crippen molar-refractivity contribution in [2.24, 2.45) is 5.73 Å². The first kappa shape index (κ1) is 12.5. The van der Waals surface area contributed by atoms with Gasteiger partial charge in [-0.1, -0.05) is 38.1 Å². The van der Waals surface area contributed by atoms with Gasteiger partial charge in [0.15, 0.2) is 0 Å². The molecule has 0 aliphatic heterocycles. The SMILES string of the molecule is CCc1ccc([C@H](N)CC)cc1.Cl. The van der Waals surface area contributed by atoms with Gasteiger partial charge in [0.05, 0.1) is 0 Å². The maximum absolute atomic E-state index is 5.89. The van der Waals surface area contributed by atoms with Gasteiger partial charge in [0, 0.05) is 6.04 Å². The van der Waals surface area contributed by atoms with E-state index in [-0.39, 0.29) is 18.4 Å². The van der Waals surface area contributed by atoms with Crippen LogP contribution in [-0.2, 0) is 6.42 Å². The van der Waals surface area contributed by atoms with Crippen molar-refractivity contribution in [3.63, 3.8) is 0 Å². The quantitative estimate of drug-likeness (QED) is 0.796. The van der Waals surface area contributed by atoms with Gasteiger partial charge in [0.1, 0.15) is 0 Å². The summed E-state index contributed by atoms with van der Waals surface area (Å²) < 4.78 is 0. The molecule has 0 heterocycles. The summed E-state index contributed by atoms with van der Waals surface area (Å²) in [6.45, 7) is 4.27. The lowest BCUT2D eigenvalue weighted by Crippen LogP contribution is -2.08. The lowest BCUT2D eigenvalue weighted by Gasteiger charge is -2.08. The summed E-state index contributed by atoms with van der Waals surface area (Å²) >= 11 is 0. The zero-order valence-corrected chi connectivity index (χ0v) is 9.10. The summed E-state index contributed by atoms with van der Waals surface area (Å²) in [6, 6.07) is 8.78. The normalized spacial score (nSPS) is 11.9. The zero-order valence-electron chi connectivity index (χ0n) is 8.29. The molecule has 0 aliphatic rings. The Morgan fingerprint density at radius 2 is 1.69 bits per heavy atom. The topological polar surface area (TPSA) is 26.0 Å². The summed E-state index contributed by atoms with van der Waals surface area (Å²) in [6.07, 6.45) is 2.10. The van der Waals surface area contributed by atoms with E-state index in [4.69, 9.17) is 5.73 Å². The molecule has 0 amide bonds. The van der Waals surface area contributed by atoms with Crippen LogP contribution in [0, 0.1) is 0 Å². The van der Waals surface area contributed by atoms with Crippen LogP contribution in [0.25, 0.3) is 0 Å². The molecule has 0 bridgehead atoms. The van der Waals surface area contributed by atoms with Crippen LogP contribution in [0.1, 0.15) is 37.4 Å². The molecule has 2 N–H and O–H groups in total. The number of benzene rings is 1. The summed E-state index contributed by atoms with van der Waals surface area (Å²) in [5.74, 6) is 0. The molecule has 1 nitrogen and oxygen atoms in total. The minimum atomic E-state index is 0. The summed E-state index contributed by atoms with van der Waals surface area (Å²) in [7, 11) is 0. The van der Waals surface area contributed by atoms with Crippen molar-refractivity contribution in [1.82, 2.24) is 0 Å². The van der Waals surface area contributed by atoms with E-state index in [1.54, 1.807) is 0 Å². The van der Waals surface area contributed by atoms with Crippen LogP contribution in [0.4, 0.5) is 0 Å². The van der Waals surface area contributed by atoms with E-state index in [1.807, 2.05) is 0 Å². The van der Waals surface area contributed by atoms with E-state index in [1.165, 1.54) is 11.1 Å². The third kappa shape index (κ3) is 3.37. The fraction of sp³-hybridized carbons (Fsp3) is 0.455. The largest absolute Gasteiger partial charge is 0.324 e. The van der Waals surface area contributed by atoms with Crippen molar-refractivity contribution in [2.45, 2.75) is 32.7 Å². The number of nitrogens with two attached hydrogens (primary N) is 1. The highest BCUT2D eigenvalue weighted by atomic mass is 35.5. The van der Waals surface area contributed by atoms with E-state index in [2.05, 4.69) is 38.1 Å². The maximum atomic E-state index is 5.89. The lowest BCUT2D eigenvalue weighted by atomic mass is 10.0. The van der Waals surface area contributed by atoms with Gasteiger partial charge >= 0.3 is 0 Å². The molecule has 0 unspecified atom stereocenters. The first-order valence-electron chi connectivity index (χ1n) is 4.62. The molecule has 0 spiro atoms. The molecule has 1 aromatic carbocycles. The standard InChI is InChI=1S/C11H17N.ClH/c1-3-9-5-7-10(8-6-9)11(12)4-2;/h5-8,11H,3-4,12H2,1-2H3;1H/t11-;/m1./s1. The molecule has 74 valence electrons. The highest BCUT2D eigenvalue weighted by molar-refractivity contribution is 5.85. The minimum absolute atomic E-state index is 0. The Morgan fingerprint density at radius 1 is 1.15 bits per heavy atom. The van der Waals surface area contributed by atoms with Gasteiger partial charge < -0.3 is 5.73 Å². The second-order valence-electron chi connectivity index (χ2n) is 3.11. The van der Waals surface area contributed by atoms with Crippen molar-refractivity contribution < 1.29 is 0 Å². The molecule has 1 aromatic rings. The van der Waals surface area contributed by atoms with Gasteiger partial charge in [-0.3, -0.25) is 0 Å². The lowest BCUT2D eigenvalue weighted by molar-refractivity contribution is 0.698. The molecule has 0 fully saturated rings. The molecule has 2 heteroatoms. The van der Waals surface area contributed by atoms with E-state index in [0.29, 0.717) is 0 Å². The van der Waals surface area contributed by atoms with Gasteiger partial charge in [-0.25, -0.2) is 0 Å². The van der Waals surface area contributed by atoms with Crippen molar-refractivity contribution in [3.8, 4) is 0 Å². The zero-order chi connectivity index (χ0) is 8.97. The number of halogens is 1. The molecule has 1 atom stereocenters. The summed E-state index contributed by atoms with van der Waals surface area (Å²) in [4.78, 5) is 0. The Morgan fingerprint density at radius 3 is 2.08 bits per heavy atom. The summed E-state index contributed by atoms with van der Waals surface area (Å²) in [5.41, 5.74) is 8.51. The van der Waals surface area contributed by atoms with Crippen LogP contribution in [0.2, 0.25) is 0 Å². The highest BCUT2D eigenvalue weighted by Crippen LogP contribution is 2.14. The highest BCUT2D eigenvalue weighted by Gasteiger charge is 2.01. The first-order valence-corrected chi connectivity index (χ1v) is 4.62. The van der Waals surface area contributed by atoms with Crippen LogP contribution >= 0.6 is 12.4 Å². The number of rotatable bonds is 3. The van der Waals surface area contributed by atoms with Crippen LogP contribution in [-0.4, -0.2) is 0 Å². The van der Waals surface area contributed by atoms with Crippen LogP contribution in [0.5, 0.6) is 0 Å². The second-order valence-corrected chi connectivity index (χ2v) is 3.11. The molecule has 0 radical (unpaired) electrons. The number of aryl methyl sites for hydroxylation is 1. The molecule has 0 aromatic heterocycles. The fourth-order valence-electron chi connectivity index (χ4n) is 1.24. The average molecular weight is 200 g/mol. The average Bonchev–Trinajstić information content (AvgIpc) is 2.17. The first-order chi connectivity index (χ1) is 5.77.